The number of amidine groups is 1. The Kier molecular flexibility index (Phi) is 7.27. The van der Waals surface area contributed by atoms with Crippen LogP contribution in [0.15, 0.2) is 47.5 Å². The van der Waals surface area contributed by atoms with Gasteiger partial charge in [0.25, 0.3) is 5.91 Å². The molecule has 2 amide bonds. The number of carbonyl (C=O) groups is 2. The summed E-state index contributed by atoms with van der Waals surface area (Å²) < 4.78 is 1.32. The summed E-state index contributed by atoms with van der Waals surface area (Å²) >= 11 is 1.84. The minimum Gasteiger partial charge on any atom is -0.395 e. The van der Waals surface area contributed by atoms with Crippen molar-refractivity contribution in [2.45, 2.75) is 45.6 Å². The molecule has 2 aromatic carbocycles. The zero-order chi connectivity index (χ0) is 28.0. The molecule has 3 aliphatic rings. The molecule has 0 saturated carbocycles. The number of rotatable bonds is 6. The number of aryl methyl sites for hydroxylation is 2. The van der Waals surface area contributed by atoms with Gasteiger partial charge in [-0.25, -0.2) is 0 Å². The highest BCUT2D eigenvalue weighted by Crippen LogP contribution is 2.37. The number of benzene rings is 2. The summed E-state index contributed by atoms with van der Waals surface area (Å²) in [6, 6.07) is 15.1. The lowest BCUT2D eigenvalue weighted by Crippen LogP contribution is -2.51. The number of hydrogen-bond donors (Lipinski definition) is 1. The molecule has 8 heteroatoms. The highest BCUT2D eigenvalue weighted by atomic mass is 32.1. The van der Waals surface area contributed by atoms with Gasteiger partial charge in [0.1, 0.15) is 11.4 Å². The van der Waals surface area contributed by atoms with Gasteiger partial charge in [0.15, 0.2) is 0 Å². The number of aliphatic hydroxyl groups is 1. The zero-order valence-electron chi connectivity index (χ0n) is 23.7. The van der Waals surface area contributed by atoms with Crippen LogP contribution in [-0.4, -0.2) is 88.9 Å². The smallest absolute Gasteiger partial charge is 0.256 e. The molecule has 6 rings (SSSR count). The summed E-state index contributed by atoms with van der Waals surface area (Å²) in [5, 5.41) is 10.7. The molecule has 0 radical (unpaired) electrons. The van der Waals surface area contributed by atoms with Gasteiger partial charge in [-0.2, -0.15) is 0 Å². The van der Waals surface area contributed by atoms with Gasteiger partial charge in [-0.3, -0.25) is 19.5 Å². The van der Waals surface area contributed by atoms with Crippen molar-refractivity contribution in [3.63, 3.8) is 0 Å². The van der Waals surface area contributed by atoms with Crippen LogP contribution in [0.2, 0.25) is 0 Å². The molecule has 40 heavy (non-hydrogen) atoms. The highest BCUT2D eigenvalue weighted by molar-refractivity contribution is 7.19. The first-order valence-corrected chi connectivity index (χ1v) is 15.2. The lowest BCUT2D eigenvalue weighted by molar-refractivity contribution is -0.133. The minimum atomic E-state index is -0.738. The number of piperidine rings is 1. The van der Waals surface area contributed by atoms with E-state index in [0.717, 1.165) is 43.0 Å². The van der Waals surface area contributed by atoms with E-state index in [1.165, 1.54) is 26.1 Å². The molecule has 3 aromatic rings. The van der Waals surface area contributed by atoms with E-state index in [1.807, 2.05) is 21.1 Å². The van der Waals surface area contributed by atoms with E-state index in [1.54, 1.807) is 6.92 Å². The van der Waals surface area contributed by atoms with Gasteiger partial charge in [0, 0.05) is 61.3 Å². The second kappa shape index (κ2) is 10.7. The predicted molar refractivity (Wildman–Crippen MR) is 161 cm³/mol. The average Bonchev–Trinajstić information content (AvgIpc) is 3.62. The quantitative estimate of drug-likeness (QED) is 0.485. The minimum absolute atomic E-state index is 0.0882. The Labute approximate surface area is 240 Å². The number of β-amino-alcohol motifs (C(OH)–C–C–N with tert-alkyl or cyclic N) is 1. The van der Waals surface area contributed by atoms with Crippen molar-refractivity contribution in [2.24, 2.45) is 10.9 Å². The Hall–Kier alpha value is -3.07. The third-order valence-electron chi connectivity index (χ3n) is 9.14. The Morgan fingerprint density at radius 2 is 1.75 bits per heavy atom. The maximum atomic E-state index is 14.0. The fourth-order valence-electron chi connectivity index (χ4n) is 6.52. The van der Waals surface area contributed by atoms with Gasteiger partial charge in [-0.05, 0) is 73.2 Å². The van der Waals surface area contributed by atoms with Crippen molar-refractivity contribution in [3.8, 4) is 11.1 Å². The van der Waals surface area contributed by atoms with Gasteiger partial charge in [0.2, 0.25) is 5.91 Å². The van der Waals surface area contributed by atoms with Crippen LogP contribution in [0.1, 0.15) is 42.2 Å². The normalized spacial score (nSPS) is 21.1. The lowest BCUT2D eigenvalue weighted by Gasteiger charge is -2.36. The van der Waals surface area contributed by atoms with E-state index in [2.05, 4.69) is 61.2 Å². The third kappa shape index (κ3) is 4.86. The van der Waals surface area contributed by atoms with E-state index in [-0.39, 0.29) is 24.3 Å². The SMILES string of the molecule is CC(=O)N1CC[C@@H](CN2C(=O)C3(CCN(CCO)CC3)N=C2c2ccc(-c3ccc4sc(C)c(C)c4c3)cc2)C1. The monoisotopic (exact) mass is 558 g/mol. The molecule has 4 heterocycles. The maximum absolute atomic E-state index is 14.0. The number of likely N-dealkylation sites (tertiary alicyclic amines) is 2. The first-order valence-electron chi connectivity index (χ1n) is 14.4. The van der Waals surface area contributed by atoms with Crippen LogP contribution < -0.4 is 0 Å². The fourth-order valence-corrected chi connectivity index (χ4v) is 7.57. The third-order valence-corrected chi connectivity index (χ3v) is 10.3. The topological polar surface area (TPSA) is 76.5 Å². The summed E-state index contributed by atoms with van der Waals surface area (Å²) in [4.78, 5) is 38.5. The lowest BCUT2D eigenvalue weighted by atomic mass is 9.87. The van der Waals surface area contributed by atoms with Crippen molar-refractivity contribution in [1.29, 1.82) is 0 Å². The Morgan fingerprint density at radius 1 is 1.05 bits per heavy atom. The fraction of sp³-hybridized carbons (Fsp3) is 0.469. The van der Waals surface area contributed by atoms with Crippen LogP contribution in [0.25, 0.3) is 21.2 Å². The molecular weight excluding hydrogens is 520 g/mol. The molecule has 0 unspecified atom stereocenters. The van der Waals surface area contributed by atoms with Crippen LogP contribution in [0, 0.1) is 19.8 Å². The summed E-state index contributed by atoms with van der Waals surface area (Å²) in [5.74, 6) is 1.18. The summed E-state index contributed by atoms with van der Waals surface area (Å²) in [6.45, 7) is 10.3. The number of fused-ring (bicyclic) bond motifs is 1. The number of aliphatic hydroxyl groups excluding tert-OH is 1. The Bertz CT molecular complexity index is 1470. The van der Waals surface area contributed by atoms with Crippen molar-refractivity contribution in [1.82, 2.24) is 14.7 Å². The van der Waals surface area contributed by atoms with Crippen molar-refractivity contribution >= 4 is 39.1 Å². The van der Waals surface area contributed by atoms with E-state index < -0.39 is 5.54 Å². The van der Waals surface area contributed by atoms with E-state index in [4.69, 9.17) is 4.99 Å². The number of thiophene rings is 1. The average molecular weight is 559 g/mol. The second-order valence-electron chi connectivity index (χ2n) is 11.6. The van der Waals surface area contributed by atoms with Crippen molar-refractivity contribution in [2.75, 3.05) is 45.9 Å². The molecule has 1 atom stereocenters. The standard InChI is InChI=1S/C32H38N4O3S/c1-21-22(2)40-29-9-8-27(18-28(21)29)25-4-6-26(7-5-25)30-33-32(11-14-34(15-12-32)16-17-37)31(39)36(30)20-24-10-13-35(19-24)23(3)38/h4-9,18,24,37H,10-17,19-20H2,1-3H3/t24-/m1/s1. The maximum Gasteiger partial charge on any atom is 0.256 e. The predicted octanol–water partition coefficient (Wildman–Crippen LogP) is 4.47. The van der Waals surface area contributed by atoms with Crippen LogP contribution in [0.3, 0.4) is 0 Å². The molecule has 1 aromatic heterocycles. The molecule has 3 aliphatic heterocycles. The Balaban J connectivity index is 1.29. The Morgan fingerprint density at radius 3 is 2.42 bits per heavy atom. The van der Waals surface area contributed by atoms with Gasteiger partial charge in [-0.15, -0.1) is 11.3 Å². The summed E-state index contributed by atoms with van der Waals surface area (Å²) in [7, 11) is 0. The number of carbonyl (C=O) groups excluding carboxylic acids is 2. The number of amides is 2. The molecular formula is C32H38N4O3S. The molecule has 1 spiro atoms. The number of nitrogens with zero attached hydrogens (tertiary/aromatic N) is 4. The summed E-state index contributed by atoms with van der Waals surface area (Å²) in [6.07, 6.45) is 2.22. The molecule has 1 N–H and O–H groups in total. The van der Waals surface area contributed by atoms with Crippen molar-refractivity contribution < 1.29 is 14.7 Å². The van der Waals surface area contributed by atoms with Crippen LogP contribution in [0.4, 0.5) is 0 Å². The van der Waals surface area contributed by atoms with Crippen LogP contribution in [-0.2, 0) is 9.59 Å². The number of hydrogen-bond acceptors (Lipinski definition) is 6. The zero-order valence-corrected chi connectivity index (χ0v) is 24.5. The molecule has 2 saturated heterocycles. The van der Waals surface area contributed by atoms with Gasteiger partial charge < -0.3 is 14.9 Å². The van der Waals surface area contributed by atoms with Crippen LogP contribution >= 0.6 is 11.3 Å². The first-order chi connectivity index (χ1) is 19.3. The largest absolute Gasteiger partial charge is 0.395 e. The van der Waals surface area contributed by atoms with E-state index >= 15 is 0 Å². The van der Waals surface area contributed by atoms with Crippen molar-refractivity contribution in [3.05, 3.63) is 58.5 Å². The first kappa shape index (κ1) is 27.1. The molecule has 0 aliphatic carbocycles. The van der Waals surface area contributed by atoms with Gasteiger partial charge >= 0.3 is 0 Å². The van der Waals surface area contributed by atoms with Gasteiger partial charge in [0.05, 0.1) is 6.61 Å². The van der Waals surface area contributed by atoms with Crippen LogP contribution in [0.5, 0.6) is 0 Å². The molecule has 2 fully saturated rings. The van der Waals surface area contributed by atoms with Gasteiger partial charge in [-0.1, -0.05) is 30.3 Å². The summed E-state index contributed by atoms with van der Waals surface area (Å²) in [5.41, 5.74) is 3.89. The van der Waals surface area contributed by atoms with E-state index in [9.17, 15) is 14.7 Å². The molecule has 210 valence electrons. The van der Waals surface area contributed by atoms with E-state index in [0.29, 0.717) is 32.5 Å². The molecule has 7 nitrogen and oxygen atoms in total. The highest BCUT2D eigenvalue weighted by Gasteiger charge is 2.50. The molecule has 0 bridgehead atoms. The number of aliphatic imine (C=N–C) groups is 1. The second-order valence-corrected chi connectivity index (χ2v) is 12.9.